The van der Waals surface area contributed by atoms with Crippen LogP contribution in [-0.2, 0) is 0 Å². The number of nitro benzene ring substituents is 1. The number of benzene rings is 1. The van der Waals surface area contributed by atoms with Gasteiger partial charge in [0.05, 0.1) is 4.92 Å². The number of hydrogen-bond acceptors (Lipinski definition) is 4. The van der Waals surface area contributed by atoms with Gasteiger partial charge in [0, 0.05) is 12.6 Å². The van der Waals surface area contributed by atoms with Crippen molar-refractivity contribution in [3.05, 3.63) is 39.4 Å². The fourth-order valence-electron chi connectivity index (χ4n) is 2.69. The molecule has 1 aromatic carbocycles. The van der Waals surface area contributed by atoms with Crippen molar-refractivity contribution in [1.29, 1.82) is 0 Å². The Morgan fingerprint density at radius 1 is 1.43 bits per heavy atom. The van der Waals surface area contributed by atoms with Gasteiger partial charge in [0.1, 0.15) is 5.56 Å². The maximum atomic E-state index is 12.3. The van der Waals surface area contributed by atoms with E-state index in [9.17, 15) is 14.9 Å². The lowest BCUT2D eigenvalue weighted by molar-refractivity contribution is -0.385. The Balaban J connectivity index is 2.12. The molecule has 0 aliphatic carbocycles. The van der Waals surface area contributed by atoms with Crippen LogP contribution < -0.4 is 10.6 Å². The molecule has 21 heavy (non-hydrogen) atoms. The van der Waals surface area contributed by atoms with E-state index in [-0.39, 0.29) is 22.6 Å². The summed E-state index contributed by atoms with van der Waals surface area (Å²) in [6.07, 6.45) is 1.98. The van der Waals surface area contributed by atoms with Crippen molar-refractivity contribution in [3.8, 4) is 0 Å². The largest absolute Gasteiger partial charge is 0.351 e. The van der Waals surface area contributed by atoms with Gasteiger partial charge in [-0.25, -0.2) is 0 Å². The van der Waals surface area contributed by atoms with Gasteiger partial charge in [-0.05, 0) is 43.8 Å². The molecule has 1 aromatic rings. The zero-order chi connectivity index (χ0) is 15.5. The van der Waals surface area contributed by atoms with E-state index in [2.05, 4.69) is 17.6 Å². The molecule has 2 N–H and O–H groups in total. The topological polar surface area (TPSA) is 84.3 Å². The molecular weight excluding hydrogens is 270 g/mol. The Hall–Kier alpha value is -1.95. The predicted octanol–water partition coefficient (Wildman–Crippen LogP) is 2.02. The summed E-state index contributed by atoms with van der Waals surface area (Å²) >= 11 is 0. The van der Waals surface area contributed by atoms with Crippen molar-refractivity contribution >= 4 is 11.6 Å². The first-order chi connectivity index (χ1) is 9.93. The van der Waals surface area contributed by atoms with Gasteiger partial charge in [-0.15, -0.1) is 0 Å². The minimum atomic E-state index is -0.506. The van der Waals surface area contributed by atoms with Crippen LogP contribution in [0.5, 0.6) is 0 Å². The highest BCUT2D eigenvalue weighted by molar-refractivity contribution is 5.99. The highest BCUT2D eigenvalue weighted by Crippen LogP contribution is 2.27. The van der Waals surface area contributed by atoms with Crippen LogP contribution in [0.2, 0.25) is 0 Å². The third-order valence-corrected chi connectivity index (χ3v) is 4.16. The summed E-state index contributed by atoms with van der Waals surface area (Å²) in [6.45, 7) is 6.28. The Kier molecular flexibility index (Phi) is 4.57. The number of nitrogens with one attached hydrogen (secondary N) is 2. The summed E-state index contributed by atoms with van der Waals surface area (Å²) < 4.78 is 0. The predicted molar refractivity (Wildman–Crippen MR) is 80.4 cm³/mol. The minimum absolute atomic E-state index is 0.0539. The molecule has 114 valence electrons. The maximum Gasteiger partial charge on any atom is 0.282 e. The van der Waals surface area contributed by atoms with E-state index in [1.165, 1.54) is 6.07 Å². The first-order valence-corrected chi connectivity index (χ1v) is 7.16. The third-order valence-electron chi connectivity index (χ3n) is 4.16. The number of carbonyl (C=O) groups is 1. The maximum absolute atomic E-state index is 12.3. The molecule has 6 nitrogen and oxygen atoms in total. The van der Waals surface area contributed by atoms with Gasteiger partial charge in [0.2, 0.25) is 0 Å². The Bertz CT molecular complexity index is 551. The van der Waals surface area contributed by atoms with Gasteiger partial charge in [0.15, 0.2) is 0 Å². The number of rotatable bonds is 4. The minimum Gasteiger partial charge on any atom is -0.351 e. The molecule has 0 bridgehead atoms. The fraction of sp³-hybridized carbons (Fsp3) is 0.533. The second-order valence-electron chi connectivity index (χ2n) is 5.97. The summed E-state index contributed by atoms with van der Waals surface area (Å²) in [6, 6.07) is 4.68. The molecule has 0 aromatic heterocycles. The SMILES string of the molecule is Cc1cccc([N+](=O)[O-])c1C(=O)NCC1(C)CCNCC1. The molecule has 1 fully saturated rings. The number of nitro groups is 1. The first kappa shape index (κ1) is 15.4. The van der Waals surface area contributed by atoms with Gasteiger partial charge in [0.25, 0.3) is 11.6 Å². The molecule has 6 heteroatoms. The number of piperidine rings is 1. The second kappa shape index (κ2) is 6.22. The van der Waals surface area contributed by atoms with Gasteiger partial charge in [-0.1, -0.05) is 19.1 Å². The van der Waals surface area contributed by atoms with Crippen LogP contribution in [0.4, 0.5) is 5.69 Å². The molecular formula is C15H21N3O3. The molecule has 1 heterocycles. The van der Waals surface area contributed by atoms with E-state index in [1.807, 2.05) is 0 Å². The Labute approximate surface area is 124 Å². The van der Waals surface area contributed by atoms with Crippen LogP contribution >= 0.6 is 0 Å². The summed E-state index contributed by atoms with van der Waals surface area (Å²) in [5.74, 6) is -0.362. The van der Waals surface area contributed by atoms with E-state index in [4.69, 9.17) is 0 Å². The molecule has 0 radical (unpaired) electrons. The fourth-order valence-corrected chi connectivity index (χ4v) is 2.69. The number of aryl methyl sites for hydroxylation is 1. The van der Waals surface area contributed by atoms with Gasteiger partial charge in [-0.2, -0.15) is 0 Å². The zero-order valence-electron chi connectivity index (χ0n) is 12.4. The van der Waals surface area contributed by atoms with Gasteiger partial charge in [-0.3, -0.25) is 14.9 Å². The monoisotopic (exact) mass is 291 g/mol. The molecule has 0 spiro atoms. The number of nitrogens with zero attached hydrogens (tertiary/aromatic N) is 1. The number of carbonyl (C=O) groups excluding carboxylic acids is 1. The summed E-state index contributed by atoms with van der Waals surface area (Å²) in [4.78, 5) is 22.9. The molecule has 0 atom stereocenters. The van der Waals surface area contributed by atoms with E-state index in [0.717, 1.165) is 25.9 Å². The molecule has 2 rings (SSSR count). The quantitative estimate of drug-likeness (QED) is 0.656. The average Bonchev–Trinajstić information content (AvgIpc) is 2.45. The van der Waals surface area contributed by atoms with Gasteiger partial charge >= 0.3 is 0 Å². The third kappa shape index (κ3) is 3.58. The molecule has 0 unspecified atom stereocenters. The van der Waals surface area contributed by atoms with Crippen molar-refractivity contribution in [1.82, 2.24) is 10.6 Å². The lowest BCUT2D eigenvalue weighted by Gasteiger charge is -2.34. The Morgan fingerprint density at radius 2 is 2.10 bits per heavy atom. The highest BCUT2D eigenvalue weighted by Gasteiger charge is 2.29. The van der Waals surface area contributed by atoms with E-state index < -0.39 is 4.92 Å². The van der Waals surface area contributed by atoms with Crippen LogP contribution in [0.25, 0.3) is 0 Å². The Morgan fingerprint density at radius 3 is 2.71 bits per heavy atom. The van der Waals surface area contributed by atoms with Crippen molar-refractivity contribution in [2.24, 2.45) is 5.41 Å². The zero-order valence-corrected chi connectivity index (χ0v) is 12.4. The van der Waals surface area contributed by atoms with E-state index in [0.29, 0.717) is 12.1 Å². The number of amides is 1. The van der Waals surface area contributed by atoms with Crippen LogP contribution in [0.3, 0.4) is 0 Å². The smallest absolute Gasteiger partial charge is 0.282 e. The van der Waals surface area contributed by atoms with Crippen LogP contribution in [-0.4, -0.2) is 30.5 Å². The van der Waals surface area contributed by atoms with Crippen molar-refractivity contribution in [2.75, 3.05) is 19.6 Å². The standard InChI is InChI=1S/C15H21N3O3/c1-11-4-3-5-12(18(20)21)13(11)14(19)17-10-15(2)6-8-16-9-7-15/h3-5,16H,6-10H2,1-2H3,(H,17,19). The van der Waals surface area contributed by atoms with E-state index in [1.54, 1.807) is 19.1 Å². The van der Waals surface area contributed by atoms with Crippen molar-refractivity contribution in [2.45, 2.75) is 26.7 Å². The summed E-state index contributed by atoms with van der Waals surface area (Å²) in [5, 5.41) is 17.2. The van der Waals surface area contributed by atoms with Crippen LogP contribution in [0.1, 0.15) is 35.7 Å². The molecule has 1 amide bonds. The molecule has 0 saturated carbocycles. The summed E-state index contributed by atoms with van der Waals surface area (Å²) in [5.41, 5.74) is 0.707. The van der Waals surface area contributed by atoms with Gasteiger partial charge < -0.3 is 10.6 Å². The lowest BCUT2D eigenvalue weighted by atomic mass is 9.81. The number of hydrogen-bond donors (Lipinski definition) is 2. The van der Waals surface area contributed by atoms with Crippen LogP contribution in [0.15, 0.2) is 18.2 Å². The second-order valence-corrected chi connectivity index (χ2v) is 5.97. The van der Waals surface area contributed by atoms with Crippen molar-refractivity contribution in [3.63, 3.8) is 0 Å². The highest BCUT2D eigenvalue weighted by atomic mass is 16.6. The van der Waals surface area contributed by atoms with E-state index >= 15 is 0 Å². The molecule has 1 aliphatic heterocycles. The molecule has 1 aliphatic rings. The summed E-state index contributed by atoms with van der Waals surface area (Å²) in [7, 11) is 0. The lowest BCUT2D eigenvalue weighted by Crippen LogP contribution is -2.43. The van der Waals surface area contributed by atoms with Crippen LogP contribution in [0, 0.1) is 22.5 Å². The molecule has 1 saturated heterocycles. The first-order valence-electron chi connectivity index (χ1n) is 7.16. The van der Waals surface area contributed by atoms with Crippen molar-refractivity contribution < 1.29 is 9.72 Å². The normalized spacial score (nSPS) is 17.2. The average molecular weight is 291 g/mol.